The summed E-state index contributed by atoms with van der Waals surface area (Å²) in [6.45, 7) is 2.17. The van der Waals surface area contributed by atoms with E-state index in [9.17, 15) is 4.79 Å². The second kappa shape index (κ2) is 4.14. The minimum atomic E-state index is -0.144. The zero-order chi connectivity index (χ0) is 11.5. The third-order valence-corrected chi connectivity index (χ3v) is 2.15. The number of hydrogen-bond donors (Lipinski definition) is 1. The van der Waals surface area contributed by atoms with Crippen molar-refractivity contribution in [3.63, 3.8) is 0 Å². The van der Waals surface area contributed by atoms with Gasteiger partial charge in [-0.25, -0.2) is 4.68 Å². The van der Waals surface area contributed by atoms with Gasteiger partial charge in [-0.2, -0.15) is 5.10 Å². The van der Waals surface area contributed by atoms with E-state index in [2.05, 4.69) is 10.1 Å². The van der Waals surface area contributed by atoms with Gasteiger partial charge >= 0.3 is 0 Å². The van der Waals surface area contributed by atoms with Gasteiger partial charge in [-0.1, -0.05) is 0 Å². The maximum atomic E-state index is 11.5. The molecule has 0 atom stereocenters. The molecule has 0 aliphatic carbocycles. The minimum absolute atomic E-state index is 0.144. The van der Waals surface area contributed by atoms with Crippen LogP contribution in [0.5, 0.6) is 0 Å². The summed E-state index contributed by atoms with van der Waals surface area (Å²) in [6, 6.07) is 6.62. The number of anilines is 1. The second-order valence-corrected chi connectivity index (χ2v) is 3.55. The molecule has 0 saturated heterocycles. The van der Waals surface area contributed by atoms with Crippen LogP contribution in [0, 0.1) is 6.92 Å². The standard InChI is InChI=1S/C11H12N4O/c1-8-2-3-11(16)15(14-8)7-10-6-9(12)4-5-13-10/h2-6H,7H2,1H3,(H2,12,13). The lowest BCUT2D eigenvalue weighted by Gasteiger charge is -2.04. The number of nitrogens with zero attached hydrogens (tertiary/aromatic N) is 3. The number of nitrogen functional groups attached to an aromatic ring is 1. The van der Waals surface area contributed by atoms with Crippen LogP contribution in [-0.2, 0) is 6.54 Å². The maximum Gasteiger partial charge on any atom is 0.267 e. The highest BCUT2D eigenvalue weighted by atomic mass is 16.1. The first-order chi connectivity index (χ1) is 7.65. The Morgan fingerprint density at radius 1 is 1.38 bits per heavy atom. The molecule has 0 fully saturated rings. The average Bonchev–Trinajstić information content (AvgIpc) is 2.24. The molecule has 5 nitrogen and oxygen atoms in total. The Balaban J connectivity index is 2.34. The summed E-state index contributed by atoms with van der Waals surface area (Å²) in [5.41, 5.74) is 7.64. The van der Waals surface area contributed by atoms with Crippen LogP contribution in [-0.4, -0.2) is 14.8 Å². The molecule has 0 bridgehead atoms. The van der Waals surface area contributed by atoms with Crippen LogP contribution in [0.3, 0.4) is 0 Å². The predicted molar refractivity (Wildman–Crippen MR) is 61.0 cm³/mol. The van der Waals surface area contributed by atoms with E-state index in [1.54, 1.807) is 24.4 Å². The van der Waals surface area contributed by atoms with Gasteiger partial charge in [0.2, 0.25) is 0 Å². The van der Waals surface area contributed by atoms with Crippen molar-refractivity contribution < 1.29 is 0 Å². The third kappa shape index (κ3) is 2.25. The normalized spacial score (nSPS) is 10.3. The minimum Gasteiger partial charge on any atom is -0.399 e. The van der Waals surface area contributed by atoms with E-state index >= 15 is 0 Å². The van der Waals surface area contributed by atoms with E-state index in [0.717, 1.165) is 11.4 Å². The van der Waals surface area contributed by atoms with Gasteiger partial charge in [0, 0.05) is 18.0 Å². The van der Waals surface area contributed by atoms with E-state index in [0.29, 0.717) is 12.2 Å². The molecule has 0 spiro atoms. The molecule has 2 N–H and O–H groups in total. The van der Waals surface area contributed by atoms with Crippen LogP contribution in [0.1, 0.15) is 11.4 Å². The van der Waals surface area contributed by atoms with Crippen molar-refractivity contribution >= 4 is 5.69 Å². The molecule has 0 saturated carbocycles. The summed E-state index contributed by atoms with van der Waals surface area (Å²) in [5.74, 6) is 0. The summed E-state index contributed by atoms with van der Waals surface area (Å²) in [6.07, 6.45) is 1.62. The quantitative estimate of drug-likeness (QED) is 0.796. The van der Waals surface area contributed by atoms with Crippen molar-refractivity contribution in [3.05, 3.63) is 52.2 Å². The number of aromatic nitrogens is 3. The Morgan fingerprint density at radius 2 is 2.19 bits per heavy atom. The van der Waals surface area contributed by atoms with E-state index in [4.69, 9.17) is 5.73 Å². The Hall–Kier alpha value is -2.17. The van der Waals surface area contributed by atoms with Gasteiger partial charge in [-0.05, 0) is 25.1 Å². The highest BCUT2D eigenvalue weighted by molar-refractivity contribution is 5.37. The van der Waals surface area contributed by atoms with Gasteiger partial charge in [0.15, 0.2) is 0 Å². The molecular weight excluding hydrogens is 204 g/mol. The van der Waals surface area contributed by atoms with E-state index in [1.807, 2.05) is 6.92 Å². The van der Waals surface area contributed by atoms with Crippen LogP contribution < -0.4 is 11.3 Å². The highest BCUT2D eigenvalue weighted by Gasteiger charge is 2.01. The summed E-state index contributed by atoms with van der Waals surface area (Å²) in [4.78, 5) is 15.6. The van der Waals surface area contributed by atoms with Gasteiger partial charge in [-0.15, -0.1) is 0 Å². The highest BCUT2D eigenvalue weighted by Crippen LogP contribution is 2.03. The van der Waals surface area contributed by atoms with Crippen molar-refractivity contribution in [2.24, 2.45) is 0 Å². The van der Waals surface area contributed by atoms with Crippen LogP contribution in [0.15, 0.2) is 35.3 Å². The van der Waals surface area contributed by atoms with Gasteiger partial charge in [0.05, 0.1) is 17.9 Å². The first-order valence-electron chi connectivity index (χ1n) is 4.90. The second-order valence-electron chi connectivity index (χ2n) is 3.55. The molecule has 2 heterocycles. The van der Waals surface area contributed by atoms with Crippen molar-refractivity contribution in [2.75, 3.05) is 5.73 Å². The summed E-state index contributed by atoms with van der Waals surface area (Å²) >= 11 is 0. The van der Waals surface area contributed by atoms with Crippen molar-refractivity contribution in [3.8, 4) is 0 Å². The smallest absolute Gasteiger partial charge is 0.267 e. The van der Waals surface area contributed by atoms with Crippen LogP contribution in [0.2, 0.25) is 0 Å². The van der Waals surface area contributed by atoms with Crippen LogP contribution in [0.25, 0.3) is 0 Å². The molecule has 0 radical (unpaired) electrons. The molecule has 0 aliphatic rings. The fourth-order valence-corrected chi connectivity index (χ4v) is 1.40. The molecule has 5 heteroatoms. The van der Waals surface area contributed by atoms with Gasteiger partial charge in [-0.3, -0.25) is 9.78 Å². The molecule has 2 aromatic heterocycles. The molecular formula is C11H12N4O. The fraction of sp³-hybridized carbons (Fsp3) is 0.182. The van der Waals surface area contributed by atoms with E-state index in [-0.39, 0.29) is 5.56 Å². The first-order valence-corrected chi connectivity index (χ1v) is 4.90. The monoisotopic (exact) mass is 216 g/mol. The third-order valence-electron chi connectivity index (χ3n) is 2.15. The Kier molecular flexibility index (Phi) is 2.68. The zero-order valence-electron chi connectivity index (χ0n) is 8.92. The van der Waals surface area contributed by atoms with Crippen LogP contribution >= 0.6 is 0 Å². The SMILES string of the molecule is Cc1ccc(=O)n(Cc2cc(N)ccn2)n1. The zero-order valence-corrected chi connectivity index (χ0v) is 8.92. The number of hydrogen-bond acceptors (Lipinski definition) is 4. The summed E-state index contributed by atoms with van der Waals surface area (Å²) in [7, 11) is 0. The van der Waals surface area contributed by atoms with Gasteiger partial charge < -0.3 is 5.73 Å². The topological polar surface area (TPSA) is 73.8 Å². The van der Waals surface area contributed by atoms with Gasteiger partial charge in [0.1, 0.15) is 0 Å². The average molecular weight is 216 g/mol. The Labute approximate surface area is 92.6 Å². The van der Waals surface area contributed by atoms with Gasteiger partial charge in [0.25, 0.3) is 5.56 Å². The lowest BCUT2D eigenvalue weighted by Crippen LogP contribution is -2.23. The molecule has 82 valence electrons. The fourth-order valence-electron chi connectivity index (χ4n) is 1.40. The summed E-state index contributed by atoms with van der Waals surface area (Å²) < 4.78 is 1.37. The molecule has 0 amide bonds. The van der Waals surface area contributed by atoms with E-state index < -0.39 is 0 Å². The largest absolute Gasteiger partial charge is 0.399 e. The maximum absolute atomic E-state index is 11.5. The lowest BCUT2D eigenvalue weighted by atomic mass is 10.3. The number of nitrogens with two attached hydrogens (primary N) is 1. The van der Waals surface area contributed by atoms with Crippen LogP contribution in [0.4, 0.5) is 5.69 Å². The predicted octanol–water partition coefficient (Wildman–Crippen LogP) is 0.577. The number of pyridine rings is 1. The molecule has 0 aliphatic heterocycles. The number of rotatable bonds is 2. The first kappa shape index (κ1) is 10.4. The number of aryl methyl sites for hydroxylation is 1. The van der Waals surface area contributed by atoms with Crippen molar-refractivity contribution in [1.29, 1.82) is 0 Å². The van der Waals surface area contributed by atoms with Crippen molar-refractivity contribution in [1.82, 2.24) is 14.8 Å². The van der Waals surface area contributed by atoms with E-state index in [1.165, 1.54) is 10.7 Å². The molecule has 2 aromatic rings. The lowest BCUT2D eigenvalue weighted by molar-refractivity contribution is 0.618. The molecule has 0 aromatic carbocycles. The molecule has 16 heavy (non-hydrogen) atoms. The Morgan fingerprint density at radius 3 is 2.94 bits per heavy atom. The van der Waals surface area contributed by atoms with Crippen molar-refractivity contribution in [2.45, 2.75) is 13.5 Å². The Bertz CT molecular complexity index is 562. The molecule has 2 rings (SSSR count). The molecule has 0 unspecified atom stereocenters. The summed E-state index contributed by atoms with van der Waals surface area (Å²) in [5, 5.41) is 4.12.